The Labute approximate surface area is 184 Å². The molecule has 0 bridgehead atoms. The zero-order valence-electron chi connectivity index (χ0n) is 17.3. The summed E-state index contributed by atoms with van der Waals surface area (Å²) in [5.74, 6) is 0.297. The molecule has 166 valence electrons. The van der Waals surface area contributed by atoms with E-state index in [9.17, 15) is 9.18 Å². The first-order chi connectivity index (χ1) is 15.1. The maximum Gasteiger partial charge on any atom is 0.279 e. The van der Waals surface area contributed by atoms with Crippen LogP contribution in [-0.2, 0) is 11.2 Å². The van der Waals surface area contributed by atoms with Crippen LogP contribution in [0.2, 0.25) is 0 Å². The number of rotatable bonds is 10. The van der Waals surface area contributed by atoms with E-state index in [4.69, 9.17) is 15.2 Å². The number of nitrogens with one attached hydrogen (secondary N) is 1. The Kier molecular flexibility index (Phi) is 8.60. The normalized spacial score (nSPS) is 15.9. The van der Waals surface area contributed by atoms with Gasteiger partial charge < -0.3 is 20.5 Å². The number of aryl methyl sites for hydroxylation is 1. The number of anilines is 1. The van der Waals surface area contributed by atoms with E-state index in [1.54, 1.807) is 24.9 Å². The number of hydrogen-bond donors (Lipinski definition) is 2. The zero-order chi connectivity index (χ0) is 22.1. The Bertz CT molecular complexity index is 928. The number of carbonyl (C=O) groups excluding carboxylic acids is 1. The molecule has 3 N–H and O–H groups in total. The molecule has 8 nitrogen and oxygen atoms in total. The zero-order valence-corrected chi connectivity index (χ0v) is 18.2. The Morgan fingerprint density at radius 2 is 2.16 bits per heavy atom. The lowest BCUT2D eigenvalue weighted by molar-refractivity contribution is 0.101. The number of thioether (sulfide) groups is 1. The molecule has 1 amide bonds. The van der Waals surface area contributed by atoms with Crippen molar-refractivity contribution in [2.75, 3.05) is 31.4 Å². The summed E-state index contributed by atoms with van der Waals surface area (Å²) in [7, 11) is 1.55. The average molecular weight is 448 g/mol. The number of methoxy groups -OCH3 is 1. The van der Waals surface area contributed by atoms with E-state index in [0.717, 1.165) is 25.0 Å². The summed E-state index contributed by atoms with van der Waals surface area (Å²) in [5, 5.41) is 3.37. The van der Waals surface area contributed by atoms with Crippen molar-refractivity contribution < 1.29 is 18.7 Å². The van der Waals surface area contributed by atoms with Crippen LogP contribution in [0, 0.1) is 5.82 Å². The maximum absolute atomic E-state index is 14.3. The fourth-order valence-electron chi connectivity index (χ4n) is 3.16. The molecule has 0 radical (unpaired) electrons. The molecule has 2 aromatic rings. The number of amidine groups is 1. The Hall–Kier alpha value is -2.72. The monoisotopic (exact) mass is 447 g/mol. The molecule has 0 unspecified atom stereocenters. The van der Waals surface area contributed by atoms with Crippen molar-refractivity contribution in [1.29, 1.82) is 0 Å². The number of carbonyl (C=O) groups is 1. The van der Waals surface area contributed by atoms with Crippen molar-refractivity contribution >= 4 is 28.5 Å². The minimum atomic E-state index is -0.484. The van der Waals surface area contributed by atoms with Gasteiger partial charge in [-0.05, 0) is 49.4 Å². The van der Waals surface area contributed by atoms with Crippen LogP contribution in [0.5, 0.6) is 5.88 Å². The third-order valence-corrected chi connectivity index (χ3v) is 5.54. The highest BCUT2D eigenvalue weighted by atomic mass is 32.2. The summed E-state index contributed by atoms with van der Waals surface area (Å²) in [6, 6.07) is 4.71. The predicted octanol–water partition coefficient (Wildman–Crippen LogP) is 3.04. The van der Waals surface area contributed by atoms with E-state index < -0.39 is 5.91 Å². The van der Waals surface area contributed by atoms with E-state index >= 15 is 0 Å². The van der Waals surface area contributed by atoms with Crippen molar-refractivity contribution in [3.8, 4) is 5.88 Å². The molecule has 0 fully saturated rings. The number of amides is 1. The number of ether oxygens (including phenoxy) is 2. The summed E-state index contributed by atoms with van der Waals surface area (Å²) in [6.07, 6.45) is 6.01. The second-order valence-electron chi connectivity index (χ2n) is 6.96. The Morgan fingerprint density at radius 1 is 1.32 bits per heavy atom. The van der Waals surface area contributed by atoms with Crippen LogP contribution in [-0.4, -0.2) is 53.2 Å². The smallest absolute Gasteiger partial charge is 0.279 e. The lowest BCUT2D eigenvalue weighted by Crippen LogP contribution is -2.20. The van der Waals surface area contributed by atoms with Gasteiger partial charge in [-0.1, -0.05) is 11.8 Å². The van der Waals surface area contributed by atoms with Crippen LogP contribution in [0.25, 0.3) is 0 Å². The molecule has 1 aliphatic heterocycles. The van der Waals surface area contributed by atoms with E-state index in [1.165, 1.54) is 24.5 Å². The van der Waals surface area contributed by atoms with Gasteiger partial charge in [0.05, 0.1) is 12.6 Å². The van der Waals surface area contributed by atoms with E-state index in [2.05, 4.69) is 20.3 Å². The van der Waals surface area contributed by atoms with Crippen molar-refractivity contribution in [1.82, 2.24) is 9.97 Å². The van der Waals surface area contributed by atoms with Crippen LogP contribution in [0.3, 0.4) is 0 Å². The van der Waals surface area contributed by atoms with Crippen LogP contribution in [0.15, 0.2) is 35.6 Å². The van der Waals surface area contributed by atoms with Gasteiger partial charge in [-0.25, -0.2) is 14.4 Å². The quantitative estimate of drug-likeness (QED) is 0.539. The average Bonchev–Trinajstić information content (AvgIpc) is 2.76. The highest BCUT2D eigenvalue weighted by molar-refractivity contribution is 8.13. The van der Waals surface area contributed by atoms with Gasteiger partial charge in [0.15, 0.2) is 10.9 Å². The molecule has 1 aromatic heterocycles. The Morgan fingerprint density at radius 3 is 2.97 bits per heavy atom. The largest absolute Gasteiger partial charge is 0.474 e. The van der Waals surface area contributed by atoms with Crippen LogP contribution in [0.1, 0.15) is 35.3 Å². The molecule has 3 rings (SSSR count). The fourth-order valence-corrected chi connectivity index (χ4v) is 3.98. The summed E-state index contributed by atoms with van der Waals surface area (Å²) in [6.45, 7) is 0.599. The highest BCUT2D eigenvalue weighted by Crippen LogP contribution is 2.22. The number of nitrogens with two attached hydrogens (primary N) is 1. The number of hydrogen-bond acceptors (Lipinski definition) is 8. The van der Waals surface area contributed by atoms with Crippen LogP contribution in [0.4, 0.5) is 10.1 Å². The van der Waals surface area contributed by atoms with E-state index in [0.29, 0.717) is 29.4 Å². The summed E-state index contributed by atoms with van der Waals surface area (Å²) >= 11 is 1.57. The first-order valence-electron chi connectivity index (χ1n) is 10.1. The molecule has 10 heteroatoms. The number of halogens is 1. The lowest BCUT2D eigenvalue weighted by atomic mass is 10.0. The Balaban J connectivity index is 1.61. The minimum absolute atomic E-state index is 0.0510. The number of aromatic nitrogens is 2. The van der Waals surface area contributed by atoms with Gasteiger partial charge in [0.25, 0.3) is 5.91 Å². The molecule has 2 heterocycles. The molecule has 0 saturated carbocycles. The number of aliphatic imine (C=N–C) groups is 1. The summed E-state index contributed by atoms with van der Waals surface area (Å²) in [5.41, 5.74) is 6.85. The van der Waals surface area contributed by atoms with Crippen LogP contribution < -0.4 is 15.8 Å². The molecule has 0 spiro atoms. The topological polar surface area (TPSA) is 112 Å². The standard InChI is InChI=1S/C21H26FN5O3S/c1-29-10-11-30-20-18(24-8-9-25-20)19(28)26-16-5-6-17(22)14(13-16)3-2-4-15-7-12-31-21(23)27-15/h5-6,8-9,13,15H,2-4,7,10-12H2,1H3,(H2,23,27)(H,26,28)/t15-/m0/s1. The van der Waals surface area contributed by atoms with Crippen molar-refractivity contribution in [3.05, 3.63) is 47.7 Å². The van der Waals surface area contributed by atoms with Gasteiger partial charge in [-0.15, -0.1) is 0 Å². The second-order valence-corrected chi connectivity index (χ2v) is 8.08. The van der Waals surface area contributed by atoms with Gasteiger partial charge in [0.1, 0.15) is 12.4 Å². The maximum atomic E-state index is 14.3. The van der Waals surface area contributed by atoms with E-state index in [-0.39, 0.29) is 30.0 Å². The number of benzene rings is 1. The molecule has 0 saturated heterocycles. The lowest BCUT2D eigenvalue weighted by Gasteiger charge is -2.17. The molecule has 0 aliphatic carbocycles. The third-order valence-electron chi connectivity index (χ3n) is 4.70. The molecule has 1 aromatic carbocycles. The number of nitrogens with zero attached hydrogens (tertiary/aromatic N) is 3. The molecular formula is C21H26FN5O3S. The van der Waals surface area contributed by atoms with Gasteiger partial charge in [0, 0.05) is 30.9 Å². The summed E-state index contributed by atoms with van der Waals surface area (Å²) in [4.78, 5) is 25.2. The third kappa shape index (κ3) is 6.90. The minimum Gasteiger partial charge on any atom is -0.474 e. The molecule has 31 heavy (non-hydrogen) atoms. The molecule has 1 aliphatic rings. The molecular weight excluding hydrogens is 421 g/mol. The van der Waals surface area contributed by atoms with Crippen molar-refractivity contribution in [3.63, 3.8) is 0 Å². The van der Waals surface area contributed by atoms with Crippen molar-refractivity contribution in [2.45, 2.75) is 31.7 Å². The summed E-state index contributed by atoms with van der Waals surface area (Å²) < 4.78 is 24.7. The van der Waals surface area contributed by atoms with Crippen molar-refractivity contribution in [2.24, 2.45) is 10.7 Å². The second kappa shape index (κ2) is 11.6. The van der Waals surface area contributed by atoms with Gasteiger partial charge in [-0.2, -0.15) is 0 Å². The highest BCUT2D eigenvalue weighted by Gasteiger charge is 2.17. The first kappa shape index (κ1) is 23.0. The first-order valence-corrected chi connectivity index (χ1v) is 11.0. The molecule has 1 atom stereocenters. The fraction of sp³-hybridized carbons (Fsp3) is 0.429. The SMILES string of the molecule is COCCOc1nccnc1C(=O)Nc1ccc(F)c(CCC[C@H]2CCSC(N)=N2)c1. The van der Waals surface area contributed by atoms with Gasteiger partial charge in [-0.3, -0.25) is 9.79 Å². The predicted molar refractivity (Wildman–Crippen MR) is 119 cm³/mol. The van der Waals surface area contributed by atoms with Gasteiger partial charge >= 0.3 is 0 Å². The van der Waals surface area contributed by atoms with Gasteiger partial charge in [0.2, 0.25) is 5.88 Å². The van der Waals surface area contributed by atoms with E-state index in [1.807, 2.05) is 0 Å². The van der Waals surface area contributed by atoms with Crippen LogP contribution >= 0.6 is 11.8 Å².